The molecule has 0 spiro atoms. The first kappa shape index (κ1) is 28.7. The molecule has 10 nitrogen and oxygen atoms in total. The third-order valence-electron chi connectivity index (χ3n) is 8.02. The van der Waals surface area contributed by atoms with Crippen LogP contribution in [0, 0.1) is 0 Å². The van der Waals surface area contributed by atoms with E-state index in [2.05, 4.69) is 25.8 Å². The van der Waals surface area contributed by atoms with Gasteiger partial charge in [-0.3, -0.25) is 14.0 Å². The van der Waals surface area contributed by atoms with Crippen LogP contribution >= 0.6 is 11.6 Å². The second kappa shape index (κ2) is 11.7. The molecule has 0 atom stereocenters. The fraction of sp³-hybridized carbons (Fsp3) is 0.312. The number of hydrogen-bond donors (Lipinski definition) is 0. The van der Waals surface area contributed by atoms with Gasteiger partial charge in [0.05, 0.1) is 16.7 Å². The summed E-state index contributed by atoms with van der Waals surface area (Å²) in [6.07, 6.45) is 0. The van der Waals surface area contributed by atoms with E-state index in [1.54, 1.807) is 9.13 Å². The van der Waals surface area contributed by atoms with Gasteiger partial charge in [-0.2, -0.15) is 9.97 Å². The Morgan fingerprint density at radius 2 is 1.35 bits per heavy atom. The van der Waals surface area contributed by atoms with Gasteiger partial charge in [0, 0.05) is 88.9 Å². The highest BCUT2D eigenvalue weighted by molar-refractivity contribution is 6.31. The number of nitrogens with zero attached hydrogens (tertiary/aromatic N) is 8. The van der Waals surface area contributed by atoms with Gasteiger partial charge in [-0.25, -0.2) is 9.59 Å². The van der Waals surface area contributed by atoms with Crippen LogP contribution < -0.4 is 26.1 Å². The minimum Gasteiger partial charge on any atom is -0.369 e. The van der Waals surface area contributed by atoms with Crippen molar-refractivity contribution >= 4 is 50.7 Å². The number of halogens is 1. The Labute approximate surface area is 255 Å². The van der Waals surface area contributed by atoms with Crippen LogP contribution in [0.15, 0.2) is 76.3 Å². The normalized spacial score (nSPS) is 14.0. The molecule has 0 unspecified atom stereocenters. The highest BCUT2D eigenvalue weighted by Gasteiger charge is 2.20. The van der Waals surface area contributed by atoms with Crippen molar-refractivity contribution in [1.29, 1.82) is 0 Å². The van der Waals surface area contributed by atoms with E-state index in [1.165, 1.54) is 0 Å². The van der Waals surface area contributed by atoms with Gasteiger partial charge in [-0.15, -0.1) is 0 Å². The predicted molar refractivity (Wildman–Crippen MR) is 176 cm³/mol. The van der Waals surface area contributed by atoms with Gasteiger partial charge in [0.2, 0.25) is 0 Å². The minimum atomic E-state index is -0.351. The second-order valence-electron chi connectivity index (χ2n) is 11.2. The summed E-state index contributed by atoms with van der Waals surface area (Å²) >= 11 is 6.36. The molecule has 6 rings (SSSR count). The first-order chi connectivity index (χ1) is 20.7. The molecule has 2 aromatic heterocycles. The van der Waals surface area contributed by atoms with Crippen LogP contribution in [-0.2, 0) is 6.54 Å². The third-order valence-corrected chi connectivity index (χ3v) is 8.25. The number of aromatic nitrogens is 4. The van der Waals surface area contributed by atoms with Crippen molar-refractivity contribution in [2.24, 2.45) is 0 Å². The maximum Gasteiger partial charge on any atom is 0.354 e. The van der Waals surface area contributed by atoms with Crippen molar-refractivity contribution in [1.82, 2.24) is 24.0 Å². The van der Waals surface area contributed by atoms with Crippen LogP contribution in [0.4, 0.5) is 17.3 Å². The zero-order chi connectivity index (χ0) is 30.2. The minimum absolute atomic E-state index is 0.227. The standard InChI is InChI=1S/C32H35ClN8O2/c1-36(2)29-25-10-5-6-11-27(25)40(31(42)34-29)19-16-38-14-17-39(18-15-38)23-8-7-9-24(21-23)41-28-20-22(33)12-13-26(28)30(37(3)4)35-32(41)43/h5-13,20-21H,14-19H2,1-4H3. The van der Waals surface area contributed by atoms with Crippen molar-refractivity contribution in [3.63, 3.8) is 0 Å². The summed E-state index contributed by atoms with van der Waals surface area (Å²) in [4.78, 5) is 43.4. The molecule has 222 valence electrons. The van der Waals surface area contributed by atoms with Gasteiger partial charge in [0.25, 0.3) is 0 Å². The van der Waals surface area contributed by atoms with Crippen molar-refractivity contribution < 1.29 is 0 Å². The van der Waals surface area contributed by atoms with Crippen LogP contribution in [0.3, 0.4) is 0 Å². The summed E-state index contributed by atoms with van der Waals surface area (Å²) in [6, 6.07) is 21.5. The fourth-order valence-corrected chi connectivity index (χ4v) is 6.01. The summed E-state index contributed by atoms with van der Waals surface area (Å²) < 4.78 is 3.41. The molecular weight excluding hydrogens is 564 g/mol. The first-order valence-corrected chi connectivity index (χ1v) is 14.7. The molecule has 3 heterocycles. The van der Waals surface area contributed by atoms with E-state index >= 15 is 0 Å². The topological polar surface area (TPSA) is 82.7 Å². The van der Waals surface area contributed by atoms with Gasteiger partial charge in [-0.1, -0.05) is 29.8 Å². The monoisotopic (exact) mass is 598 g/mol. The van der Waals surface area contributed by atoms with E-state index in [-0.39, 0.29) is 11.4 Å². The molecule has 1 saturated heterocycles. The Kier molecular flexibility index (Phi) is 7.81. The van der Waals surface area contributed by atoms with E-state index in [1.807, 2.05) is 98.7 Å². The molecule has 1 aliphatic heterocycles. The lowest BCUT2D eigenvalue weighted by atomic mass is 10.2. The summed E-state index contributed by atoms with van der Waals surface area (Å²) in [7, 11) is 7.56. The molecule has 0 N–H and O–H groups in total. The van der Waals surface area contributed by atoms with Crippen LogP contribution in [0.25, 0.3) is 27.5 Å². The van der Waals surface area contributed by atoms with Crippen molar-refractivity contribution in [2.45, 2.75) is 6.54 Å². The van der Waals surface area contributed by atoms with E-state index in [9.17, 15) is 9.59 Å². The first-order valence-electron chi connectivity index (χ1n) is 14.4. The molecule has 5 aromatic rings. The largest absolute Gasteiger partial charge is 0.369 e. The summed E-state index contributed by atoms with van der Waals surface area (Å²) in [5.41, 5.74) is 2.83. The van der Waals surface area contributed by atoms with Crippen molar-refractivity contribution in [2.75, 3.05) is 75.6 Å². The molecule has 0 aliphatic carbocycles. The number of benzene rings is 3. The predicted octanol–water partition coefficient (Wildman–Crippen LogP) is 3.70. The Hall–Kier alpha value is -4.41. The Bertz CT molecular complexity index is 1930. The van der Waals surface area contributed by atoms with Crippen LogP contribution in [0.2, 0.25) is 5.02 Å². The van der Waals surface area contributed by atoms with E-state index in [0.29, 0.717) is 28.7 Å². The number of hydrogen-bond acceptors (Lipinski definition) is 8. The number of anilines is 3. The van der Waals surface area contributed by atoms with Gasteiger partial charge >= 0.3 is 11.4 Å². The SMILES string of the molecule is CN(C)c1nc(=O)n(CCN2CCN(c3cccc(-n4c(=O)nc(N(C)C)c5ccc(Cl)cc54)c3)CC2)c2ccccc12. The number of piperazine rings is 1. The second-order valence-corrected chi connectivity index (χ2v) is 11.7. The lowest BCUT2D eigenvalue weighted by molar-refractivity contribution is 0.248. The zero-order valence-corrected chi connectivity index (χ0v) is 25.6. The number of fused-ring (bicyclic) bond motifs is 2. The maximum absolute atomic E-state index is 13.3. The van der Waals surface area contributed by atoms with E-state index in [4.69, 9.17) is 11.6 Å². The third kappa shape index (κ3) is 5.55. The Balaban J connectivity index is 1.20. The lowest BCUT2D eigenvalue weighted by Gasteiger charge is -2.36. The molecule has 1 fully saturated rings. The maximum atomic E-state index is 13.3. The van der Waals surface area contributed by atoms with Gasteiger partial charge in [0.15, 0.2) is 0 Å². The van der Waals surface area contributed by atoms with Gasteiger partial charge in [0.1, 0.15) is 11.6 Å². The lowest BCUT2D eigenvalue weighted by Crippen LogP contribution is -2.47. The summed E-state index contributed by atoms with van der Waals surface area (Å²) in [6.45, 7) is 4.71. The van der Waals surface area contributed by atoms with Crippen LogP contribution in [0.1, 0.15) is 0 Å². The quantitative estimate of drug-likeness (QED) is 0.281. The number of rotatable bonds is 7. The molecule has 43 heavy (non-hydrogen) atoms. The van der Waals surface area contributed by atoms with Crippen molar-refractivity contribution in [3.05, 3.63) is 92.7 Å². The highest BCUT2D eigenvalue weighted by atomic mass is 35.5. The van der Waals surface area contributed by atoms with Gasteiger partial charge < -0.3 is 14.7 Å². The van der Waals surface area contributed by atoms with Crippen LogP contribution in [0.5, 0.6) is 0 Å². The average molecular weight is 599 g/mol. The summed E-state index contributed by atoms with van der Waals surface area (Å²) in [5, 5.41) is 2.38. The molecular formula is C32H35ClN8O2. The molecule has 1 aliphatic rings. The molecule has 0 bridgehead atoms. The average Bonchev–Trinajstić information content (AvgIpc) is 3.00. The molecule has 11 heteroatoms. The highest BCUT2D eigenvalue weighted by Crippen LogP contribution is 2.28. The fourth-order valence-electron chi connectivity index (χ4n) is 5.84. The molecule has 0 amide bonds. The molecule has 3 aromatic carbocycles. The van der Waals surface area contributed by atoms with E-state index < -0.39 is 0 Å². The smallest absolute Gasteiger partial charge is 0.354 e. The molecule has 0 saturated carbocycles. The van der Waals surface area contributed by atoms with Gasteiger partial charge in [-0.05, 0) is 48.5 Å². The van der Waals surface area contributed by atoms with Crippen LogP contribution in [-0.4, -0.2) is 84.9 Å². The van der Waals surface area contributed by atoms with Crippen molar-refractivity contribution in [3.8, 4) is 5.69 Å². The summed E-state index contributed by atoms with van der Waals surface area (Å²) in [5.74, 6) is 1.30. The Morgan fingerprint density at radius 1 is 0.698 bits per heavy atom. The Morgan fingerprint density at radius 3 is 2.07 bits per heavy atom. The molecule has 0 radical (unpaired) electrons. The zero-order valence-electron chi connectivity index (χ0n) is 24.9. The van der Waals surface area contributed by atoms with E-state index in [0.717, 1.165) is 60.4 Å². The number of para-hydroxylation sites is 1.